The van der Waals surface area contributed by atoms with Crippen LogP contribution in [0, 0.1) is 11.3 Å². The van der Waals surface area contributed by atoms with Crippen molar-refractivity contribution in [2.24, 2.45) is 0 Å². The molecule has 1 aromatic rings. The van der Waals surface area contributed by atoms with Crippen LogP contribution in [0.4, 0.5) is 5.69 Å². The number of nitrogens with zero attached hydrogens (tertiary/aromatic N) is 3. The second-order valence-electron chi connectivity index (χ2n) is 5.75. The Hall–Kier alpha value is -2.26. The Morgan fingerprint density at radius 1 is 1.30 bits per heavy atom. The number of hydrogen-bond acceptors (Lipinski definition) is 4. The first-order valence-corrected chi connectivity index (χ1v) is 7.99. The highest BCUT2D eigenvalue weighted by molar-refractivity contribution is 6.33. The zero-order valence-electron chi connectivity index (χ0n) is 12.6. The highest BCUT2D eigenvalue weighted by atomic mass is 35.5. The Labute approximate surface area is 139 Å². The molecule has 3 rings (SSSR count). The molecule has 2 fully saturated rings. The van der Waals surface area contributed by atoms with Crippen LogP contribution in [-0.2, 0) is 9.59 Å². The van der Waals surface area contributed by atoms with E-state index in [-0.39, 0.29) is 17.9 Å². The number of hydrogen-bond donors (Lipinski definition) is 1. The van der Waals surface area contributed by atoms with Gasteiger partial charge in [0.05, 0.1) is 22.3 Å². The van der Waals surface area contributed by atoms with Crippen molar-refractivity contribution in [2.45, 2.75) is 18.9 Å². The van der Waals surface area contributed by atoms with Crippen molar-refractivity contribution in [2.75, 3.05) is 31.1 Å². The minimum atomic E-state index is -0.368. The molecule has 0 bridgehead atoms. The fraction of sp³-hybridized carbons (Fsp3) is 0.438. The summed E-state index contributed by atoms with van der Waals surface area (Å²) in [7, 11) is 0. The fourth-order valence-corrected chi connectivity index (χ4v) is 3.32. The van der Waals surface area contributed by atoms with Gasteiger partial charge in [0.2, 0.25) is 11.8 Å². The molecule has 1 N–H and O–H groups in total. The third-order valence-corrected chi connectivity index (χ3v) is 4.60. The van der Waals surface area contributed by atoms with Crippen molar-refractivity contribution in [3.8, 4) is 6.07 Å². The van der Waals surface area contributed by atoms with Gasteiger partial charge in [0, 0.05) is 32.6 Å². The van der Waals surface area contributed by atoms with Crippen LogP contribution in [0.1, 0.15) is 18.4 Å². The van der Waals surface area contributed by atoms with Gasteiger partial charge in [-0.1, -0.05) is 11.6 Å². The van der Waals surface area contributed by atoms with Crippen LogP contribution >= 0.6 is 11.6 Å². The molecule has 0 radical (unpaired) electrons. The third kappa shape index (κ3) is 3.25. The van der Waals surface area contributed by atoms with Gasteiger partial charge in [-0.15, -0.1) is 0 Å². The van der Waals surface area contributed by atoms with Crippen LogP contribution in [0.15, 0.2) is 18.2 Å². The number of nitriles is 1. The van der Waals surface area contributed by atoms with Crippen LogP contribution in [0.25, 0.3) is 0 Å². The molecular formula is C16H17ClN4O2. The van der Waals surface area contributed by atoms with E-state index in [4.69, 9.17) is 16.9 Å². The summed E-state index contributed by atoms with van der Waals surface area (Å²) in [6.07, 6.45) is 1.01. The average Bonchev–Trinajstić information content (AvgIpc) is 3.00. The molecule has 2 aliphatic heterocycles. The first-order valence-electron chi connectivity index (χ1n) is 7.61. The van der Waals surface area contributed by atoms with E-state index in [9.17, 15) is 9.59 Å². The lowest BCUT2D eigenvalue weighted by molar-refractivity contribution is -0.134. The zero-order valence-corrected chi connectivity index (χ0v) is 13.3. The van der Waals surface area contributed by atoms with Gasteiger partial charge in [-0.3, -0.25) is 9.59 Å². The summed E-state index contributed by atoms with van der Waals surface area (Å²) >= 11 is 6.24. The van der Waals surface area contributed by atoms with E-state index in [2.05, 4.69) is 16.3 Å². The molecule has 0 spiro atoms. The molecule has 6 nitrogen and oxygen atoms in total. The lowest BCUT2D eigenvalue weighted by Gasteiger charge is -2.37. The minimum Gasteiger partial charge on any atom is -0.367 e. The van der Waals surface area contributed by atoms with Crippen molar-refractivity contribution in [1.29, 1.82) is 5.26 Å². The Balaban J connectivity index is 1.61. The molecule has 1 aromatic carbocycles. The number of anilines is 1. The van der Waals surface area contributed by atoms with E-state index in [1.54, 1.807) is 17.0 Å². The number of benzene rings is 1. The van der Waals surface area contributed by atoms with Gasteiger partial charge in [-0.25, -0.2) is 0 Å². The molecule has 120 valence electrons. The number of piperazine rings is 1. The van der Waals surface area contributed by atoms with E-state index < -0.39 is 0 Å². The smallest absolute Gasteiger partial charge is 0.245 e. The van der Waals surface area contributed by atoms with E-state index in [0.29, 0.717) is 49.6 Å². The third-order valence-electron chi connectivity index (χ3n) is 4.30. The molecule has 0 unspecified atom stereocenters. The Morgan fingerprint density at radius 3 is 2.61 bits per heavy atom. The molecule has 0 saturated carbocycles. The molecular weight excluding hydrogens is 316 g/mol. The predicted molar refractivity (Wildman–Crippen MR) is 86.1 cm³/mol. The summed E-state index contributed by atoms with van der Waals surface area (Å²) in [5.74, 6) is -0.0484. The molecule has 23 heavy (non-hydrogen) atoms. The van der Waals surface area contributed by atoms with Crippen molar-refractivity contribution in [3.63, 3.8) is 0 Å². The Kier molecular flexibility index (Phi) is 4.39. The SMILES string of the molecule is N#Cc1ccc(N2CCN(C(=O)[C@@H]3CCC(=O)N3)CC2)c(Cl)c1. The predicted octanol–water partition coefficient (Wildman–Crippen LogP) is 1.14. The van der Waals surface area contributed by atoms with Gasteiger partial charge >= 0.3 is 0 Å². The summed E-state index contributed by atoms with van der Waals surface area (Å²) < 4.78 is 0. The highest BCUT2D eigenvalue weighted by Crippen LogP contribution is 2.27. The van der Waals surface area contributed by atoms with Gasteiger partial charge in [-0.05, 0) is 24.6 Å². The maximum absolute atomic E-state index is 12.4. The van der Waals surface area contributed by atoms with Crippen LogP contribution in [0.3, 0.4) is 0 Å². The second-order valence-corrected chi connectivity index (χ2v) is 6.16. The van der Waals surface area contributed by atoms with Crippen LogP contribution < -0.4 is 10.2 Å². The number of amides is 2. The van der Waals surface area contributed by atoms with Crippen LogP contribution in [0.5, 0.6) is 0 Å². The first-order chi connectivity index (χ1) is 11.1. The molecule has 2 saturated heterocycles. The topological polar surface area (TPSA) is 76.4 Å². The summed E-state index contributed by atoms with van der Waals surface area (Å²) in [4.78, 5) is 27.5. The van der Waals surface area contributed by atoms with E-state index in [0.717, 1.165) is 5.69 Å². The van der Waals surface area contributed by atoms with Gasteiger partial charge < -0.3 is 15.1 Å². The maximum Gasteiger partial charge on any atom is 0.245 e. The molecule has 0 aromatic heterocycles. The highest BCUT2D eigenvalue weighted by Gasteiger charge is 2.32. The normalized spacial score (nSPS) is 21.0. The number of carbonyl (C=O) groups is 2. The van der Waals surface area contributed by atoms with E-state index in [1.165, 1.54) is 0 Å². The number of carbonyl (C=O) groups excluding carboxylic acids is 2. The Morgan fingerprint density at radius 2 is 2.04 bits per heavy atom. The number of rotatable bonds is 2. The van der Waals surface area contributed by atoms with Gasteiger partial charge in [0.25, 0.3) is 0 Å². The summed E-state index contributed by atoms with van der Waals surface area (Å²) in [6.45, 7) is 2.55. The summed E-state index contributed by atoms with van der Waals surface area (Å²) in [5, 5.41) is 12.2. The van der Waals surface area contributed by atoms with Crippen molar-refractivity contribution in [3.05, 3.63) is 28.8 Å². The van der Waals surface area contributed by atoms with Crippen molar-refractivity contribution < 1.29 is 9.59 Å². The second kappa shape index (κ2) is 6.47. The van der Waals surface area contributed by atoms with Gasteiger partial charge in [0.1, 0.15) is 6.04 Å². The standard InChI is InChI=1S/C16H17ClN4O2/c17-12-9-11(10-18)1-3-14(12)20-5-7-21(8-6-20)16(23)13-2-4-15(22)19-13/h1,3,9,13H,2,4-8H2,(H,19,22)/t13-/m0/s1. The van der Waals surface area contributed by atoms with Crippen LogP contribution in [-0.4, -0.2) is 48.9 Å². The Bertz CT molecular complexity index is 677. The molecule has 2 amide bonds. The first kappa shape index (κ1) is 15.6. The molecule has 0 aliphatic carbocycles. The zero-order chi connectivity index (χ0) is 16.4. The lowest BCUT2D eigenvalue weighted by Crippen LogP contribution is -2.53. The van der Waals surface area contributed by atoms with Gasteiger partial charge in [-0.2, -0.15) is 5.26 Å². The number of halogens is 1. The quantitative estimate of drug-likeness (QED) is 0.881. The largest absolute Gasteiger partial charge is 0.367 e. The maximum atomic E-state index is 12.4. The van der Waals surface area contributed by atoms with E-state index >= 15 is 0 Å². The number of nitrogens with one attached hydrogen (secondary N) is 1. The molecule has 2 aliphatic rings. The fourth-order valence-electron chi connectivity index (χ4n) is 3.02. The van der Waals surface area contributed by atoms with Gasteiger partial charge in [0.15, 0.2) is 0 Å². The monoisotopic (exact) mass is 332 g/mol. The van der Waals surface area contributed by atoms with Crippen molar-refractivity contribution >= 4 is 29.1 Å². The minimum absolute atomic E-state index is 0.00132. The molecule has 7 heteroatoms. The molecule has 2 heterocycles. The summed E-state index contributed by atoms with van der Waals surface area (Å²) in [6, 6.07) is 6.94. The average molecular weight is 333 g/mol. The summed E-state index contributed by atoms with van der Waals surface area (Å²) in [5.41, 5.74) is 1.41. The van der Waals surface area contributed by atoms with E-state index in [1.807, 2.05) is 6.07 Å². The van der Waals surface area contributed by atoms with Crippen molar-refractivity contribution in [1.82, 2.24) is 10.2 Å². The van der Waals surface area contributed by atoms with Crippen LogP contribution in [0.2, 0.25) is 5.02 Å². The molecule has 1 atom stereocenters. The lowest BCUT2D eigenvalue weighted by atomic mass is 10.1.